The minimum absolute atomic E-state index is 0.762. The van der Waals surface area contributed by atoms with Gasteiger partial charge >= 0.3 is 0 Å². The third-order valence-corrected chi connectivity index (χ3v) is 3.57. The molecule has 0 spiro atoms. The summed E-state index contributed by atoms with van der Waals surface area (Å²) in [5.41, 5.74) is 1.32. The molecule has 0 aromatic heterocycles. The SMILES string of the molecule is COc1ccc(CSCCC2=NCCO2)cc1. The van der Waals surface area contributed by atoms with Crippen LogP contribution in [0.3, 0.4) is 0 Å². The van der Waals surface area contributed by atoms with Crippen molar-refractivity contribution >= 4 is 17.7 Å². The summed E-state index contributed by atoms with van der Waals surface area (Å²) in [5.74, 6) is 3.92. The van der Waals surface area contributed by atoms with E-state index in [0.29, 0.717) is 0 Å². The highest BCUT2D eigenvalue weighted by Crippen LogP contribution is 2.17. The van der Waals surface area contributed by atoms with E-state index in [1.807, 2.05) is 23.9 Å². The highest BCUT2D eigenvalue weighted by atomic mass is 32.2. The van der Waals surface area contributed by atoms with Crippen LogP contribution in [0, 0.1) is 0 Å². The van der Waals surface area contributed by atoms with E-state index in [9.17, 15) is 0 Å². The second-order valence-electron chi connectivity index (χ2n) is 3.77. The Hall–Kier alpha value is -1.16. The molecular weight excluding hydrogens is 234 g/mol. The minimum Gasteiger partial charge on any atom is -0.497 e. The van der Waals surface area contributed by atoms with Gasteiger partial charge in [0, 0.05) is 17.9 Å². The van der Waals surface area contributed by atoms with Crippen molar-refractivity contribution in [1.82, 2.24) is 0 Å². The second-order valence-corrected chi connectivity index (χ2v) is 4.88. The Labute approximate surface area is 106 Å². The van der Waals surface area contributed by atoms with Gasteiger partial charge in [-0.2, -0.15) is 11.8 Å². The topological polar surface area (TPSA) is 30.8 Å². The monoisotopic (exact) mass is 251 g/mol. The van der Waals surface area contributed by atoms with E-state index in [2.05, 4.69) is 17.1 Å². The van der Waals surface area contributed by atoms with Crippen molar-refractivity contribution in [3.05, 3.63) is 29.8 Å². The van der Waals surface area contributed by atoms with Crippen LogP contribution in [0.15, 0.2) is 29.3 Å². The van der Waals surface area contributed by atoms with Gasteiger partial charge in [0.25, 0.3) is 0 Å². The molecule has 0 unspecified atom stereocenters. The molecular formula is C13H17NO2S. The molecule has 2 rings (SSSR count). The number of rotatable bonds is 6. The summed E-state index contributed by atoms with van der Waals surface area (Å²) in [6, 6.07) is 8.21. The summed E-state index contributed by atoms with van der Waals surface area (Å²) < 4.78 is 10.5. The van der Waals surface area contributed by atoms with E-state index in [0.717, 1.165) is 42.7 Å². The van der Waals surface area contributed by atoms with Gasteiger partial charge in [-0.3, -0.25) is 4.99 Å². The van der Waals surface area contributed by atoms with E-state index >= 15 is 0 Å². The van der Waals surface area contributed by atoms with Crippen molar-refractivity contribution in [2.45, 2.75) is 12.2 Å². The Balaban J connectivity index is 1.67. The van der Waals surface area contributed by atoms with Crippen LogP contribution in [0.1, 0.15) is 12.0 Å². The zero-order chi connectivity index (χ0) is 11.9. The number of thioether (sulfide) groups is 1. The highest BCUT2D eigenvalue weighted by Gasteiger charge is 2.06. The zero-order valence-electron chi connectivity index (χ0n) is 10.0. The highest BCUT2D eigenvalue weighted by molar-refractivity contribution is 7.98. The molecule has 0 aliphatic carbocycles. The molecule has 1 aliphatic heterocycles. The molecule has 0 bridgehead atoms. The molecule has 0 atom stereocenters. The smallest absolute Gasteiger partial charge is 0.184 e. The van der Waals surface area contributed by atoms with Gasteiger partial charge in [0.2, 0.25) is 0 Å². The molecule has 1 aromatic carbocycles. The van der Waals surface area contributed by atoms with Gasteiger partial charge in [-0.05, 0) is 17.7 Å². The maximum Gasteiger partial charge on any atom is 0.184 e. The van der Waals surface area contributed by atoms with Gasteiger partial charge in [0.05, 0.1) is 13.7 Å². The first-order chi connectivity index (χ1) is 8.38. The first-order valence-corrected chi connectivity index (χ1v) is 6.91. The molecule has 92 valence electrons. The van der Waals surface area contributed by atoms with Crippen LogP contribution in [0.25, 0.3) is 0 Å². The molecule has 4 heteroatoms. The standard InChI is InChI=1S/C13H17NO2S/c1-15-12-4-2-11(3-5-12)10-17-9-6-13-14-7-8-16-13/h2-5H,6-10H2,1H3. The Morgan fingerprint density at radius 2 is 2.18 bits per heavy atom. The Morgan fingerprint density at radius 1 is 1.35 bits per heavy atom. The molecule has 0 N–H and O–H groups in total. The quantitative estimate of drug-likeness (QED) is 0.728. The lowest BCUT2D eigenvalue weighted by Crippen LogP contribution is -2.00. The number of nitrogens with zero attached hydrogens (tertiary/aromatic N) is 1. The first kappa shape index (κ1) is 12.3. The van der Waals surface area contributed by atoms with Crippen molar-refractivity contribution in [3.8, 4) is 5.75 Å². The van der Waals surface area contributed by atoms with Crippen LogP contribution in [-0.4, -0.2) is 31.9 Å². The Bertz CT molecular complexity index is 376. The molecule has 1 heterocycles. The van der Waals surface area contributed by atoms with Crippen LogP contribution in [0.5, 0.6) is 5.75 Å². The maximum absolute atomic E-state index is 5.36. The van der Waals surface area contributed by atoms with Crippen molar-refractivity contribution in [2.24, 2.45) is 4.99 Å². The summed E-state index contributed by atoms with van der Waals surface area (Å²) in [5, 5.41) is 0. The van der Waals surface area contributed by atoms with Crippen LogP contribution in [0.2, 0.25) is 0 Å². The second kappa shape index (κ2) is 6.55. The van der Waals surface area contributed by atoms with Crippen molar-refractivity contribution < 1.29 is 9.47 Å². The number of hydrogen-bond donors (Lipinski definition) is 0. The lowest BCUT2D eigenvalue weighted by Gasteiger charge is -2.04. The molecule has 0 amide bonds. The summed E-state index contributed by atoms with van der Waals surface area (Å²) in [6.07, 6.45) is 0.945. The number of methoxy groups -OCH3 is 1. The van der Waals surface area contributed by atoms with Crippen LogP contribution < -0.4 is 4.74 Å². The molecule has 0 fully saturated rings. The maximum atomic E-state index is 5.36. The average molecular weight is 251 g/mol. The summed E-state index contributed by atoms with van der Waals surface area (Å²) >= 11 is 1.91. The molecule has 0 radical (unpaired) electrons. The Kier molecular flexibility index (Phi) is 4.74. The third-order valence-electron chi connectivity index (χ3n) is 2.54. The van der Waals surface area contributed by atoms with Crippen molar-refractivity contribution in [3.63, 3.8) is 0 Å². The number of benzene rings is 1. The van der Waals surface area contributed by atoms with Crippen LogP contribution in [0.4, 0.5) is 0 Å². The van der Waals surface area contributed by atoms with Gasteiger partial charge in [-0.1, -0.05) is 12.1 Å². The molecule has 1 aromatic rings. The van der Waals surface area contributed by atoms with E-state index in [4.69, 9.17) is 9.47 Å². The summed E-state index contributed by atoms with van der Waals surface area (Å²) in [4.78, 5) is 4.27. The average Bonchev–Trinajstić information content (AvgIpc) is 2.88. The normalized spacial score (nSPS) is 14.3. The van der Waals surface area contributed by atoms with Crippen LogP contribution >= 0.6 is 11.8 Å². The van der Waals surface area contributed by atoms with Gasteiger partial charge in [0.1, 0.15) is 12.4 Å². The molecule has 1 aliphatic rings. The van der Waals surface area contributed by atoms with Crippen molar-refractivity contribution in [2.75, 3.05) is 26.0 Å². The fourth-order valence-electron chi connectivity index (χ4n) is 1.60. The van der Waals surface area contributed by atoms with Gasteiger partial charge in [-0.15, -0.1) is 0 Å². The predicted molar refractivity (Wildman–Crippen MR) is 72.0 cm³/mol. The largest absolute Gasteiger partial charge is 0.497 e. The van der Waals surface area contributed by atoms with E-state index in [1.54, 1.807) is 7.11 Å². The predicted octanol–water partition coefficient (Wildman–Crippen LogP) is 2.75. The lowest BCUT2D eigenvalue weighted by atomic mass is 10.2. The van der Waals surface area contributed by atoms with E-state index in [-0.39, 0.29) is 0 Å². The molecule has 0 saturated heterocycles. The molecule has 17 heavy (non-hydrogen) atoms. The third kappa shape index (κ3) is 3.97. The summed E-state index contributed by atoms with van der Waals surface area (Å²) in [6.45, 7) is 1.59. The van der Waals surface area contributed by atoms with Crippen LogP contribution in [-0.2, 0) is 10.5 Å². The first-order valence-electron chi connectivity index (χ1n) is 5.75. The van der Waals surface area contributed by atoms with Gasteiger partial charge in [-0.25, -0.2) is 0 Å². The zero-order valence-corrected chi connectivity index (χ0v) is 10.8. The number of ether oxygens (including phenoxy) is 2. The van der Waals surface area contributed by atoms with Gasteiger partial charge < -0.3 is 9.47 Å². The van der Waals surface area contributed by atoms with E-state index in [1.165, 1.54) is 5.56 Å². The van der Waals surface area contributed by atoms with Crippen molar-refractivity contribution in [1.29, 1.82) is 0 Å². The van der Waals surface area contributed by atoms with Gasteiger partial charge in [0.15, 0.2) is 5.90 Å². The van der Waals surface area contributed by atoms with E-state index < -0.39 is 0 Å². The summed E-state index contributed by atoms with van der Waals surface area (Å²) in [7, 11) is 1.69. The number of aliphatic imine (C=N–C) groups is 1. The number of hydrogen-bond acceptors (Lipinski definition) is 4. The lowest BCUT2D eigenvalue weighted by molar-refractivity contribution is 0.340. The molecule has 3 nitrogen and oxygen atoms in total. The molecule has 0 saturated carbocycles. The minimum atomic E-state index is 0.762. The fourth-order valence-corrected chi connectivity index (χ4v) is 2.49. The Morgan fingerprint density at radius 3 is 2.82 bits per heavy atom. The fraction of sp³-hybridized carbons (Fsp3) is 0.462.